The Morgan fingerprint density at radius 2 is 0.781 bits per heavy atom. The Bertz CT molecular complexity index is 1910. The summed E-state index contributed by atoms with van der Waals surface area (Å²) in [6.07, 6.45) is -3.09. The molecule has 0 aliphatic carbocycles. The molecule has 416 valence electrons. The van der Waals surface area contributed by atoms with Crippen molar-refractivity contribution in [1.82, 2.24) is 42.5 Å². The van der Waals surface area contributed by atoms with E-state index in [0.717, 1.165) is 6.92 Å². The topological polar surface area (TPSA) is 466 Å². The Balaban J connectivity index is 6.59. The number of aliphatic hydroxyl groups excluding tert-OH is 1. The summed E-state index contributed by atoms with van der Waals surface area (Å²) in [4.78, 5) is 156. The lowest BCUT2D eigenvalue weighted by molar-refractivity contribution is -0.143. The van der Waals surface area contributed by atoms with Crippen molar-refractivity contribution in [1.29, 1.82) is 0 Å². The van der Waals surface area contributed by atoms with E-state index in [-0.39, 0.29) is 44.6 Å². The number of hydrogen-bond donors (Lipinski definition) is 15. The largest absolute Gasteiger partial charge is 0.481 e. The first-order valence-corrected chi connectivity index (χ1v) is 24.4. The van der Waals surface area contributed by atoms with Gasteiger partial charge in [0.25, 0.3) is 0 Å². The summed E-state index contributed by atoms with van der Waals surface area (Å²) in [6, 6.07) is -13.0. The monoisotopic (exact) mass is 1040 g/mol. The van der Waals surface area contributed by atoms with Gasteiger partial charge in [0, 0.05) is 19.3 Å². The molecule has 19 N–H and O–H groups in total. The van der Waals surface area contributed by atoms with Crippen molar-refractivity contribution in [3.8, 4) is 0 Å². The number of rotatable bonds is 36. The molecule has 0 aliphatic rings. The second-order valence-electron chi connectivity index (χ2n) is 19.5. The van der Waals surface area contributed by atoms with Crippen LogP contribution in [0.2, 0.25) is 0 Å². The van der Waals surface area contributed by atoms with E-state index in [0.29, 0.717) is 12.8 Å². The SMILES string of the molecule is CC(C)C[C@H](NC(=O)[C@@H](N)CCC(N)=O)C(=O)N[C@H](C(=O)N[C@@H](CCC(=O)O)C(=O)N[C@H](C(=O)N[C@H](C(=O)N[C@@H](CCC(N)=O)C(=O)N[C@@H](CCCCN)C(=O)N[C@H](C(=O)O)C(C)C)C(C)C)C(C)C)[C@@H](C)O. The minimum Gasteiger partial charge on any atom is -0.481 e. The fourth-order valence-corrected chi connectivity index (χ4v) is 7.05. The third kappa shape index (κ3) is 25.7. The smallest absolute Gasteiger partial charge is 0.326 e. The van der Waals surface area contributed by atoms with Crippen LogP contribution in [0.3, 0.4) is 0 Å². The summed E-state index contributed by atoms with van der Waals surface area (Å²) in [5.41, 5.74) is 22.0. The van der Waals surface area contributed by atoms with Crippen LogP contribution >= 0.6 is 0 Å². The summed E-state index contributed by atoms with van der Waals surface area (Å²) < 4.78 is 0. The summed E-state index contributed by atoms with van der Waals surface area (Å²) in [7, 11) is 0. The first-order valence-electron chi connectivity index (χ1n) is 24.4. The molecule has 0 aromatic rings. The molecule has 0 unspecified atom stereocenters. The second-order valence-corrected chi connectivity index (χ2v) is 19.5. The van der Waals surface area contributed by atoms with Gasteiger partial charge in [0.15, 0.2) is 0 Å². The Morgan fingerprint density at radius 3 is 1.21 bits per heavy atom. The quantitative estimate of drug-likeness (QED) is 0.0268. The molecule has 0 fully saturated rings. The van der Waals surface area contributed by atoms with Crippen molar-refractivity contribution in [2.24, 2.45) is 46.6 Å². The highest BCUT2D eigenvalue weighted by Crippen LogP contribution is 2.13. The highest BCUT2D eigenvalue weighted by Gasteiger charge is 2.37. The third-order valence-electron chi connectivity index (χ3n) is 11.3. The fourth-order valence-electron chi connectivity index (χ4n) is 7.05. The van der Waals surface area contributed by atoms with Crippen LogP contribution in [0.5, 0.6) is 0 Å². The number of nitrogens with one attached hydrogen (secondary N) is 8. The molecule has 0 rings (SSSR count). The van der Waals surface area contributed by atoms with Gasteiger partial charge in [-0.15, -0.1) is 0 Å². The van der Waals surface area contributed by atoms with Crippen LogP contribution in [-0.2, 0) is 57.5 Å². The van der Waals surface area contributed by atoms with Crippen LogP contribution in [0.15, 0.2) is 0 Å². The molecule has 73 heavy (non-hydrogen) atoms. The van der Waals surface area contributed by atoms with Crippen molar-refractivity contribution < 1.29 is 72.9 Å². The van der Waals surface area contributed by atoms with Crippen molar-refractivity contribution in [2.75, 3.05) is 6.54 Å². The maximum Gasteiger partial charge on any atom is 0.326 e. The maximum absolute atomic E-state index is 14.0. The molecule has 0 bridgehead atoms. The average Bonchev–Trinajstić information content (AvgIpc) is 3.27. The third-order valence-corrected chi connectivity index (χ3v) is 11.3. The van der Waals surface area contributed by atoms with Gasteiger partial charge in [-0.25, -0.2) is 4.79 Å². The predicted molar refractivity (Wildman–Crippen MR) is 263 cm³/mol. The molecule has 0 aromatic carbocycles. The molecule has 0 saturated carbocycles. The van der Waals surface area contributed by atoms with Crippen LogP contribution in [0.25, 0.3) is 0 Å². The van der Waals surface area contributed by atoms with E-state index in [1.165, 1.54) is 13.8 Å². The molecule has 10 amide bonds. The summed E-state index contributed by atoms with van der Waals surface area (Å²) in [5.74, 6) is -14.0. The van der Waals surface area contributed by atoms with E-state index < -0.39 is 169 Å². The first-order chi connectivity index (χ1) is 33.8. The van der Waals surface area contributed by atoms with Gasteiger partial charge >= 0.3 is 11.9 Å². The number of amides is 10. The lowest BCUT2D eigenvalue weighted by Crippen LogP contribution is -2.62. The molecule has 0 saturated heterocycles. The van der Waals surface area contributed by atoms with Crippen LogP contribution in [0.1, 0.15) is 127 Å². The van der Waals surface area contributed by atoms with Gasteiger partial charge < -0.3 is 80.8 Å². The van der Waals surface area contributed by atoms with Crippen LogP contribution in [0, 0.1) is 23.7 Å². The highest BCUT2D eigenvalue weighted by molar-refractivity contribution is 5.98. The zero-order chi connectivity index (χ0) is 56.4. The van der Waals surface area contributed by atoms with Crippen molar-refractivity contribution >= 4 is 71.0 Å². The van der Waals surface area contributed by atoms with Crippen molar-refractivity contribution in [3.05, 3.63) is 0 Å². The molecule has 27 heteroatoms. The summed E-state index contributed by atoms with van der Waals surface area (Å²) in [5, 5.41) is 49.4. The van der Waals surface area contributed by atoms with Crippen molar-refractivity contribution in [2.45, 2.75) is 187 Å². The normalized spacial score (nSPS) is 15.5. The molecule has 10 atom stereocenters. The Morgan fingerprint density at radius 1 is 0.425 bits per heavy atom. The Hall–Kier alpha value is -6.48. The number of aliphatic hydroxyl groups is 1. The highest BCUT2D eigenvalue weighted by atomic mass is 16.4. The summed E-state index contributed by atoms with van der Waals surface area (Å²) in [6.45, 7) is 14.2. The molecule has 0 heterocycles. The fraction of sp³-hybridized carbons (Fsp3) is 0.739. The number of carboxylic acid groups (broad SMARTS) is 2. The Kier molecular flexibility index (Phi) is 30.3. The predicted octanol–water partition coefficient (Wildman–Crippen LogP) is -3.80. The molecule has 0 spiro atoms. The van der Waals surface area contributed by atoms with E-state index in [1.54, 1.807) is 41.5 Å². The number of carbonyl (C=O) groups excluding carboxylic acids is 10. The zero-order valence-electron chi connectivity index (χ0n) is 43.4. The number of nitrogens with two attached hydrogens (primary N) is 4. The maximum atomic E-state index is 14.0. The van der Waals surface area contributed by atoms with Crippen molar-refractivity contribution in [3.63, 3.8) is 0 Å². The van der Waals surface area contributed by atoms with Crippen LogP contribution < -0.4 is 65.5 Å². The lowest BCUT2D eigenvalue weighted by Gasteiger charge is -2.30. The molecule has 0 radical (unpaired) electrons. The van der Waals surface area contributed by atoms with Gasteiger partial charge in [0.2, 0.25) is 59.1 Å². The number of hydrogen-bond acceptors (Lipinski definition) is 15. The number of carbonyl (C=O) groups is 12. The van der Waals surface area contributed by atoms with Gasteiger partial charge in [-0.2, -0.15) is 0 Å². The number of unbranched alkanes of at least 4 members (excludes halogenated alkanes) is 1. The van der Waals surface area contributed by atoms with E-state index in [4.69, 9.17) is 22.9 Å². The molecule has 0 aromatic heterocycles. The van der Waals surface area contributed by atoms with E-state index in [2.05, 4.69) is 42.5 Å². The standard InChI is InChI=1S/C46H82N12O15/c1-21(2)20-30(54-38(64)26(48)13-16-31(49)60)42(68)58-37(25(9)59)45(71)53-29(15-18-33(62)63)41(67)55-35(23(5)6)44(70)56-34(22(3)4)43(69)52-28(14-17-32(50)61)39(65)51-27(12-10-11-19-47)40(66)57-36(24(7)8)46(72)73/h21-30,34-37,59H,10-20,47-48H2,1-9H3,(H2,49,60)(H2,50,61)(H,51,65)(H,52,69)(H,53,71)(H,54,64)(H,55,67)(H,56,70)(H,57,66)(H,58,68)(H,62,63)(H,72,73)/t25-,26+,27+,28+,29+,30+,34+,35+,36+,37+/m1/s1. The van der Waals surface area contributed by atoms with Crippen LogP contribution in [-0.4, -0.2) is 153 Å². The van der Waals surface area contributed by atoms with Crippen LogP contribution in [0.4, 0.5) is 0 Å². The number of carboxylic acids is 2. The average molecular weight is 1040 g/mol. The molecule has 27 nitrogen and oxygen atoms in total. The van der Waals surface area contributed by atoms with E-state index in [9.17, 15) is 72.9 Å². The van der Waals surface area contributed by atoms with Gasteiger partial charge in [-0.05, 0) is 82.1 Å². The Labute approximate surface area is 425 Å². The van der Waals surface area contributed by atoms with Gasteiger partial charge in [0.1, 0.15) is 48.3 Å². The summed E-state index contributed by atoms with van der Waals surface area (Å²) >= 11 is 0. The number of aliphatic carboxylic acids is 2. The second kappa shape index (κ2) is 33.3. The lowest BCUT2D eigenvalue weighted by atomic mass is 9.98. The minimum atomic E-state index is -1.78. The number of primary amides is 2. The van der Waals surface area contributed by atoms with E-state index >= 15 is 0 Å². The molecular weight excluding hydrogens is 961 g/mol. The van der Waals surface area contributed by atoms with Gasteiger partial charge in [0.05, 0.1) is 12.1 Å². The van der Waals surface area contributed by atoms with Gasteiger partial charge in [-0.1, -0.05) is 55.4 Å². The van der Waals surface area contributed by atoms with E-state index in [1.807, 2.05) is 0 Å². The molecule has 0 aliphatic heterocycles. The molecular formula is C46H82N12O15. The minimum absolute atomic E-state index is 0.0274. The first kappa shape index (κ1) is 66.5. The van der Waals surface area contributed by atoms with Gasteiger partial charge in [-0.3, -0.25) is 52.7 Å². The zero-order valence-corrected chi connectivity index (χ0v) is 43.4.